The zero-order chi connectivity index (χ0) is 9.68. The molecule has 0 aliphatic heterocycles. The molecule has 2 N–H and O–H groups in total. The van der Waals surface area contributed by atoms with E-state index in [4.69, 9.17) is 5.26 Å². The van der Waals surface area contributed by atoms with Crippen molar-refractivity contribution in [2.45, 2.75) is 44.8 Å². The first-order valence-corrected chi connectivity index (χ1v) is 5.03. The number of hydrogen-bond acceptors (Lipinski definition) is 3. The molecule has 0 aromatic carbocycles. The minimum atomic E-state index is -0.0913. The van der Waals surface area contributed by atoms with Gasteiger partial charge in [-0.15, -0.1) is 0 Å². The van der Waals surface area contributed by atoms with Crippen LogP contribution >= 0.6 is 0 Å². The Morgan fingerprint density at radius 3 is 2.62 bits per heavy atom. The average molecular weight is 182 g/mol. The third-order valence-electron chi connectivity index (χ3n) is 2.63. The molecule has 1 aliphatic rings. The Labute approximate surface area is 79.8 Å². The molecule has 3 heteroatoms. The van der Waals surface area contributed by atoms with Crippen LogP contribution in [0.3, 0.4) is 0 Å². The van der Waals surface area contributed by atoms with E-state index < -0.39 is 0 Å². The van der Waals surface area contributed by atoms with E-state index in [-0.39, 0.29) is 12.0 Å². The zero-order valence-electron chi connectivity index (χ0n) is 8.16. The number of nitrogens with one attached hydrogen (secondary N) is 1. The average Bonchev–Trinajstić information content (AvgIpc) is 2.16. The molecular weight excluding hydrogens is 164 g/mol. The summed E-state index contributed by atoms with van der Waals surface area (Å²) < 4.78 is 0. The number of nitrogens with zero attached hydrogens (tertiary/aromatic N) is 1. The highest BCUT2D eigenvalue weighted by Gasteiger charge is 2.18. The van der Waals surface area contributed by atoms with Gasteiger partial charge in [-0.3, -0.25) is 0 Å². The Kier molecular flexibility index (Phi) is 4.20. The fraction of sp³-hybridized carbons (Fsp3) is 0.900. The van der Waals surface area contributed by atoms with Gasteiger partial charge in [-0.05, 0) is 32.6 Å². The first-order valence-electron chi connectivity index (χ1n) is 5.03. The first-order chi connectivity index (χ1) is 6.22. The van der Waals surface area contributed by atoms with Crippen molar-refractivity contribution in [3.8, 4) is 6.07 Å². The SMILES string of the molecule is CC(C#N)CNC1CCC(O)CC1. The molecule has 0 aromatic heterocycles. The fourth-order valence-corrected chi connectivity index (χ4v) is 1.67. The highest BCUT2D eigenvalue weighted by Crippen LogP contribution is 2.18. The van der Waals surface area contributed by atoms with E-state index in [0.29, 0.717) is 6.04 Å². The highest BCUT2D eigenvalue weighted by molar-refractivity contribution is 4.83. The lowest BCUT2D eigenvalue weighted by Crippen LogP contribution is -2.36. The van der Waals surface area contributed by atoms with Gasteiger partial charge in [0.15, 0.2) is 0 Å². The standard InChI is InChI=1S/C10H18N2O/c1-8(6-11)7-12-9-2-4-10(13)5-3-9/h8-10,12-13H,2-5,7H2,1H3. The molecule has 0 saturated heterocycles. The Morgan fingerprint density at radius 1 is 1.46 bits per heavy atom. The van der Waals surface area contributed by atoms with Gasteiger partial charge in [0.05, 0.1) is 18.1 Å². The summed E-state index contributed by atoms with van der Waals surface area (Å²) in [7, 11) is 0. The largest absolute Gasteiger partial charge is 0.393 e. The van der Waals surface area contributed by atoms with Crippen LogP contribution in [-0.2, 0) is 0 Å². The number of hydrogen-bond donors (Lipinski definition) is 2. The second kappa shape index (κ2) is 5.21. The van der Waals surface area contributed by atoms with Gasteiger partial charge in [-0.2, -0.15) is 5.26 Å². The summed E-state index contributed by atoms with van der Waals surface area (Å²) in [5.74, 6) is 0.0897. The van der Waals surface area contributed by atoms with E-state index in [1.165, 1.54) is 0 Å². The molecule has 0 aromatic rings. The lowest BCUT2D eigenvalue weighted by atomic mass is 9.93. The summed E-state index contributed by atoms with van der Waals surface area (Å²) in [6, 6.07) is 2.71. The molecule has 0 bridgehead atoms. The van der Waals surface area contributed by atoms with Crippen molar-refractivity contribution in [3.05, 3.63) is 0 Å². The second-order valence-corrected chi connectivity index (χ2v) is 3.94. The van der Waals surface area contributed by atoms with Crippen LogP contribution in [0.1, 0.15) is 32.6 Å². The third kappa shape index (κ3) is 3.75. The van der Waals surface area contributed by atoms with Crippen LogP contribution in [0.5, 0.6) is 0 Å². The minimum Gasteiger partial charge on any atom is -0.393 e. The second-order valence-electron chi connectivity index (χ2n) is 3.94. The van der Waals surface area contributed by atoms with Gasteiger partial charge in [0.2, 0.25) is 0 Å². The third-order valence-corrected chi connectivity index (χ3v) is 2.63. The first kappa shape index (κ1) is 10.5. The molecule has 3 nitrogen and oxygen atoms in total. The Bertz CT molecular complexity index is 180. The van der Waals surface area contributed by atoms with Crippen molar-refractivity contribution in [1.29, 1.82) is 5.26 Å². The number of nitriles is 1. The van der Waals surface area contributed by atoms with Crippen LogP contribution in [0.15, 0.2) is 0 Å². The van der Waals surface area contributed by atoms with Crippen LogP contribution < -0.4 is 5.32 Å². The quantitative estimate of drug-likeness (QED) is 0.685. The predicted molar refractivity (Wildman–Crippen MR) is 51.0 cm³/mol. The maximum absolute atomic E-state index is 9.27. The molecule has 1 atom stereocenters. The molecule has 0 amide bonds. The summed E-state index contributed by atoms with van der Waals surface area (Å²) in [5, 5.41) is 21.2. The molecule has 0 heterocycles. The summed E-state index contributed by atoms with van der Waals surface area (Å²) in [5.41, 5.74) is 0. The monoisotopic (exact) mass is 182 g/mol. The summed E-state index contributed by atoms with van der Waals surface area (Å²) in [4.78, 5) is 0. The lowest BCUT2D eigenvalue weighted by Gasteiger charge is -2.26. The molecular formula is C10H18N2O. The highest BCUT2D eigenvalue weighted by atomic mass is 16.3. The van der Waals surface area contributed by atoms with E-state index in [0.717, 1.165) is 32.2 Å². The van der Waals surface area contributed by atoms with Crippen LogP contribution in [0, 0.1) is 17.2 Å². The Hall–Kier alpha value is -0.590. The molecule has 74 valence electrons. The van der Waals surface area contributed by atoms with Crippen LogP contribution in [0.4, 0.5) is 0 Å². The van der Waals surface area contributed by atoms with Gasteiger partial charge in [-0.25, -0.2) is 0 Å². The maximum atomic E-state index is 9.27. The Balaban J connectivity index is 2.13. The van der Waals surface area contributed by atoms with E-state index in [1.807, 2.05) is 6.92 Å². The van der Waals surface area contributed by atoms with E-state index in [1.54, 1.807) is 0 Å². The van der Waals surface area contributed by atoms with Crippen LogP contribution in [-0.4, -0.2) is 23.8 Å². The van der Waals surface area contributed by atoms with Gasteiger partial charge < -0.3 is 10.4 Å². The summed E-state index contributed by atoms with van der Waals surface area (Å²) in [6.45, 7) is 2.70. The lowest BCUT2D eigenvalue weighted by molar-refractivity contribution is 0.116. The van der Waals surface area contributed by atoms with Crippen LogP contribution in [0.2, 0.25) is 0 Å². The zero-order valence-corrected chi connectivity index (χ0v) is 8.16. The van der Waals surface area contributed by atoms with Crippen molar-refractivity contribution in [3.63, 3.8) is 0 Å². The molecule has 0 radical (unpaired) electrons. The van der Waals surface area contributed by atoms with Crippen molar-refractivity contribution in [1.82, 2.24) is 5.32 Å². The fourth-order valence-electron chi connectivity index (χ4n) is 1.67. The van der Waals surface area contributed by atoms with Gasteiger partial charge >= 0.3 is 0 Å². The normalized spacial score (nSPS) is 30.8. The summed E-state index contributed by atoms with van der Waals surface area (Å²) in [6.07, 6.45) is 3.79. The van der Waals surface area contributed by atoms with Gasteiger partial charge in [0.25, 0.3) is 0 Å². The van der Waals surface area contributed by atoms with E-state index in [2.05, 4.69) is 11.4 Å². The van der Waals surface area contributed by atoms with Gasteiger partial charge in [0, 0.05) is 12.6 Å². The van der Waals surface area contributed by atoms with Gasteiger partial charge in [-0.1, -0.05) is 0 Å². The smallest absolute Gasteiger partial charge is 0.0666 e. The maximum Gasteiger partial charge on any atom is 0.0666 e. The van der Waals surface area contributed by atoms with Crippen molar-refractivity contribution >= 4 is 0 Å². The number of aliphatic hydroxyl groups excluding tert-OH is 1. The molecule has 1 unspecified atom stereocenters. The van der Waals surface area contributed by atoms with E-state index >= 15 is 0 Å². The Morgan fingerprint density at radius 2 is 2.08 bits per heavy atom. The molecule has 0 spiro atoms. The predicted octanol–water partition coefficient (Wildman–Crippen LogP) is 1.04. The summed E-state index contributed by atoms with van der Waals surface area (Å²) >= 11 is 0. The van der Waals surface area contributed by atoms with Crippen molar-refractivity contribution in [2.24, 2.45) is 5.92 Å². The van der Waals surface area contributed by atoms with E-state index in [9.17, 15) is 5.11 Å². The van der Waals surface area contributed by atoms with Gasteiger partial charge in [0.1, 0.15) is 0 Å². The molecule has 1 aliphatic carbocycles. The minimum absolute atomic E-state index is 0.0897. The number of aliphatic hydroxyl groups is 1. The molecule has 1 saturated carbocycles. The van der Waals surface area contributed by atoms with Crippen molar-refractivity contribution < 1.29 is 5.11 Å². The molecule has 1 rings (SSSR count). The molecule has 13 heavy (non-hydrogen) atoms. The molecule has 1 fully saturated rings. The number of rotatable bonds is 3. The van der Waals surface area contributed by atoms with Crippen molar-refractivity contribution in [2.75, 3.05) is 6.54 Å². The topological polar surface area (TPSA) is 56.0 Å². The van der Waals surface area contributed by atoms with Crippen LogP contribution in [0.25, 0.3) is 0 Å².